The van der Waals surface area contributed by atoms with Gasteiger partial charge in [-0.1, -0.05) is 42.5 Å². The maximum Gasteiger partial charge on any atom is 0.173 e. The van der Waals surface area contributed by atoms with E-state index < -0.39 is 17.2 Å². The van der Waals surface area contributed by atoms with Gasteiger partial charge in [0.1, 0.15) is 5.82 Å². The van der Waals surface area contributed by atoms with Crippen molar-refractivity contribution in [2.24, 2.45) is 0 Å². The fourth-order valence-corrected chi connectivity index (χ4v) is 1.94. The summed E-state index contributed by atoms with van der Waals surface area (Å²) in [5.41, 5.74) is -0.888. The molecule has 1 N–H and O–H groups in total. The summed E-state index contributed by atoms with van der Waals surface area (Å²) >= 11 is 0. The third kappa shape index (κ3) is 2.05. The number of rotatable bonds is 3. The summed E-state index contributed by atoms with van der Waals surface area (Å²) in [6, 6.07) is 13.9. The Morgan fingerprint density at radius 1 is 1.00 bits per heavy atom. The van der Waals surface area contributed by atoms with Gasteiger partial charge in [0, 0.05) is 0 Å². The summed E-state index contributed by atoms with van der Waals surface area (Å²) in [4.78, 5) is 11.8. The van der Waals surface area contributed by atoms with E-state index in [9.17, 15) is 14.3 Å². The maximum atomic E-state index is 12.9. The Labute approximate surface area is 105 Å². The SMILES string of the molecule is CC(=O)[C@@](O)(c1ccccc1)c1ccc(F)cc1. The molecule has 0 saturated carbocycles. The number of halogens is 1. The van der Waals surface area contributed by atoms with Crippen molar-refractivity contribution in [2.75, 3.05) is 0 Å². The molecule has 0 spiro atoms. The fraction of sp³-hybridized carbons (Fsp3) is 0.133. The highest BCUT2D eigenvalue weighted by Gasteiger charge is 2.36. The van der Waals surface area contributed by atoms with Gasteiger partial charge >= 0.3 is 0 Å². The molecule has 0 aromatic heterocycles. The zero-order chi connectivity index (χ0) is 13.2. The first kappa shape index (κ1) is 12.5. The first-order valence-corrected chi connectivity index (χ1v) is 5.60. The number of carbonyl (C=O) groups excluding carboxylic acids is 1. The lowest BCUT2D eigenvalue weighted by atomic mass is 9.83. The number of hydrogen-bond donors (Lipinski definition) is 1. The molecule has 0 radical (unpaired) electrons. The van der Waals surface area contributed by atoms with Crippen molar-refractivity contribution in [3.8, 4) is 0 Å². The number of Topliss-reactive ketones (excluding diaryl/α,β-unsaturated/α-hetero) is 1. The Kier molecular flexibility index (Phi) is 3.26. The third-order valence-corrected chi connectivity index (χ3v) is 2.96. The highest BCUT2D eigenvalue weighted by Crippen LogP contribution is 2.30. The number of aliphatic hydroxyl groups is 1. The highest BCUT2D eigenvalue weighted by atomic mass is 19.1. The van der Waals surface area contributed by atoms with Gasteiger partial charge in [-0.05, 0) is 30.2 Å². The molecule has 0 aliphatic heterocycles. The van der Waals surface area contributed by atoms with Crippen LogP contribution in [0.5, 0.6) is 0 Å². The van der Waals surface area contributed by atoms with E-state index in [-0.39, 0.29) is 0 Å². The second-order valence-corrected chi connectivity index (χ2v) is 4.14. The number of carbonyl (C=O) groups is 1. The predicted octanol–water partition coefficient (Wildman–Crippen LogP) is 2.65. The molecule has 0 saturated heterocycles. The highest BCUT2D eigenvalue weighted by molar-refractivity contribution is 5.89. The number of hydrogen-bond acceptors (Lipinski definition) is 2. The molecule has 0 aliphatic rings. The largest absolute Gasteiger partial charge is 0.373 e. The van der Waals surface area contributed by atoms with Gasteiger partial charge in [0.05, 0.1) is 0 Å². The Hall–Kier alpha value is -2.00. The van der Waals surface area contributed by atoms with E-state index >= 15 is 0 Å². The zero-order valence-corrected chi connectivity index (χ0v) is 9.93. The summed E-state index contributed by atoms with van der Waals surface area (Å²) in [7, 11) is 0. The van der Waals surface area contributed by atoms with Crippen LogP contribution >= 0.6 is 0 Å². The molecule has 1 atom stereocenters. The summed E-state index contributed by atoms with van der Waals surface area (Å²) in [5, 5.41) is 10.7. The second-order valence-electron chi connectivity index (χ2n) is 4.14. The van der Waals surface area contributed by atoms with Gasteiger partial charge in [-0.25, -0.2) is 4.39 Å². The quantitative estimate of drug-likeness (QED) is 0.901. The third-order valence-electron chi connectivity index (χ3n) is 2.96. The van der Waals surface area contributed by atoms with Gasteiger partial charge in [0.25, 0.3) is 0 Å². The molecule has 2 nitrogen and oxygen atoms in total. The molecular formula is C15H13FO2. The van der Waals surface area contributed by atoms with Gasteiger partial charge in [-0.15, -0.1) is 0 Å². The van der Waals surface area contributed by atoms with E-state index in [4.69, 9.17) is 0 Å². The Morgan fingerprint density at radius 2 is 1.50 bits per heavy atom. The van der Waals surface area contributed by atoms with Gasteiger partial charge in [0.2, 0.25) is 0 Å². The Morgan fingerprint density at radius 3 is 2.00 bits per heavy atom. The van der Waals surface area contributed by atoms with Crippen LogP contribution in [0, 0.1) is 5.82 Å². The first-order chi connectivity index (χ1) is 8.55. The summed E-state index contributed by atoms with van der Waals surface area (Å²) in [6.07, 6.45) is 0. The normalized spacial score (nSPS) is 13.9. The lowest BCUT2D eigenvalue weighted by Gasteiger charge is -2.26. The first-order valence-electron chi connectivity index (χ1n) is 5.60. The monoisotopic (exact) mass is 244 g/mol. The van der Waals surface area contributed by atoms with E-state index in [2.05, 4.69) is 0 Å². The number of benzene rings is 2. The van der Waals surface area contributed by atoms with E-state index in [0.29, 0.717) is 11.1 Å². The summed E-state index contributed by atoms with van der Waals surface area (Å²) in [6.45, 7) is 1.32. The Bertz CT molecular complexity index is 548. The maximum absolute atomic E-state index is 12.9. The molecule has 0 unspecified atom stereocenters. The second kappa shape index (κ2) is 4.70. The molecule has 0 aliphatic carbocycles. The molecule has 0 bridgehead atoms. The van der Waals surface area contributed by atoms with Crippen LogP contribution in [0.3, 0.4) is 0 Å². The van der Waals surface area contributed by atoms with Crippen molar-refractivity contribution < 1.29 is 14.3 Å². The molecule has 0 heterocycles. The molecular weight excluding hydrogens is 231 g/mol. The van der Waals surface area contributed by atoms with Crippen LogP contribution in [0.1, 0.15) is 18.1 Å². The van der Waals surface area contributed by atoms with Crippen molar-refractivity contribution >= 4 is 5.78 Å². The molecule has 3 heteroatoms. The number of ketones is 1. The Balaban J connectivity index is 2.58. The topological polar surface area (TPSA) is 37.3 Å². The van der Waals surface area contributed by atoms with E-state index in [1.807, 2.05) is 0 Å². The molecule has 2 rings (SSSR count). The van der Waals surface area contributed by atoms with Crippen LogP contribution in [0.4, 0.5) is 4.39 Å². The standard InChI is InChI=1S/C15H13FO2/c1-11(17)15(18,12-5-3-2-4-6-12)13-7-9-14(16)10-8-13/h2-10,18H,1H3/t15-/m1/s1. The molecule has 18 heavy (non-hydrogen) atoms. The summed E-state index contributed by atoms with van der Waals surface area (Å²) < 4.78 is 12.9. The lowest BCUT2D eigenvalue weighted by molar-refractivity contribution is -0.131. The van der Waals surface area contributed by atoms with Crippen LogP contribution < -0.4 is 0 Å². The van der Waals surface area contributed by atoms with Crippen molar-refractivity contribution in [3.05, 3.63) is 71.5 Å². The molecule has 2 aromatic rings. The average molecular weight is 244 g/mol. The van der Waals surface area contributed by atoms with Crippen LogP contribution in [-0.4, -0.2) is 10.9 Å². The van der Waals surface area contributed by atoms with Gasteiger partial charge in [-0.2, -0.15) is 0 Å². The van der Waals surface area contributed by atoms with Crippen LogP contribution in [0.15, 0.2) is 54.6 Å². The van der Waals surface area contributed by atoms with Crippen LogP contribution in [0.2, 0.25) is 0 Å². The predicted molar refractivity (Wildman–Crippen MR) is 66.5 cm³/mol. The van der Waals surface area contributed by atoms with E-state index in [0.717, 1.165) is 0 Å². The van der Waals surface area contributed by atoms with Crippen LogP contribution in [-0.2, 0) is 10.4 Å². The minimum absolute atomic E-state index is 0.364. The van der Waals surface area contributed by atoms with Crippen molar-refractivity contribution in [3.63, 3.8) is 0 Å². The van der Waals surface area contributed by atoms with Crippen molar-refractivity contribution in [1.29, 1.82) is 0 Å². The van der Waals surface area contributed by atoms with Gasteiger partial charge < -0.3 is 5.11 Å². The molecule has 2 aromatic carbocycles. The zero-order valence-electron chi connectivity index (χ0n) is 9.93. The fourth-order valence-electron chi connectivity index (χ4n) is 1.94. The minimum atomic E-state index is -1.73. The van der Waals surface area contributed by atoms with Crippen LogP contribution in [0.25, 0.3) is 0 Å². The average Bonchev–Trinajstić information content (AvgIpc) is 2.39. The molecule has 0 fully saturated rings. The van der Waals surface area contributed by atoms with Crippen molar-refractivity contribution in [1.82, 2.24) is 0 Å². The van der Waals surface area contributed by atoms with E-state index in [1.54, 1.807) is 30.3 Å². The smallest absolute Gasteiger partial charge is 0.173 e. The summed E-state index contributed by atoms with van der Waals surface area (Å²) in [5.74, 6) is -0.807. The molecule has 92 valence electrons. The van der Waals surface area contributed by atoms with Gasteiger partial charge in [0.15, 0.2) is 11.4 Å². The van der Waals surface area contributed by atoms with Crippen molar-refractivity contribution in [2.45, 2.75) is 12.5 Å². The molecule has 0 amide bonds. The lowest BCUT2D eigenvalue weighted by Crippen LogP contribution is -2.35. The van der Waals surface area contributed by atoms with Gasteiger partial charge in [-0.3, -0.25) is 4.79 Å². The van der Waals surface area contributed by atoms with E-state index in [1.165, 1.54) is 31.2 Å². The minimum Gasteiger partial charge on any atom is -0.373 e.